The third-order valence-electron chi connectivity index (χ3n) is 4.29. The van der Waals surface area contributed by atoms with Crippen molar-refractivity contribution in [3.05, 3.63) is 0 Å². The highest BCUT2D eigenvalue weighted by Gasteiger charge is 2.30. The van der Waals surface area contributed by atoms with Crippen LogP contribution < -0.4 is 5.32 Å². The summed E-state index contributed by atoms with van der Waals surface area (Å²) in [5.74, 6) is 1.02. The van der Waals surface area contributed by atoms with Gasteiger partial charge in [-0.2, -0.15) is 0 Å². The smallest absolute Gasteiger partial charge is 0.236 e. The zero-order valence-corrected chi connectivity index (χ0v) is 12.8. The molecule has 1 aliphatic rings. The monoisotopic (exact) mass is 254 g/mol. The molecule has 0 aromatic carbocycles. The lowest BCUT2D eigenvalue weighted by molar-refractivity contribution is -0.132. The molecule has 0 aliphatic carbocycles. The van der Waals surface area contributed by atoms with E-state index in [1.807, 2.05) is 4.90 Å². The molecule has 1 aliphatic heterocycles. The summed E-state index contributed by atoms with van der Waals surface area (Å²) in [6.45, 7) is 13.5. The lowest BCUT2D eigenvalue weighted by Crippen LogP contribution is -2.45. The first-order valence-electron chi connectivity index (χ1n) is 7.35. The Kier molecular flexibility index (Phi) is 5.64. The SMILES string of the molecule is CCC(C)NCC(=O)N1CCC(C(C)(C)C)CC1. The first-order valence-corrected chi connectivity index (χ1v) is 7.35. The first kappa shape index (κ1) is 15.5. The Labute approximate surface area is 112 Å². The topological polar surface area (TPSA) is 32.3 Å². The number of hydrogen-bond donors (Lipinski definition) is 1. The molecule has 3 nitrogen and oxygen atoms in total. The van der Waals surface area contributed by atoms with Gasteiger partial charge >= 0.3 is 0 Å². The molecule has 0 spiro atoms. The van der Waals surface area contributed by atoms with Crippen molar-refractivity contribution in [2.45, 2.75) is 59.9 Å². The van der Waals surface area contributed by atoms with Crippen molar-refractivity contribution < 1.29 is 4.79 Å². The van der Waals surface area contributed by atoms with E-state index in [9.17, 15) is 4.79 Å². The molecule has 1 rings (SSSR count). The van der Waals surface area contributed by atoms with E-state index in [0.29, 0.717) is 18.0 Å². The van der Waals surface area contributed by atoms with Crippen molar-refractivity contribution in [1.82, 2.24) is 10.2 Å². The van der Waals surface area contributed by atoms with Crippen LogP contribution in [0.5, 0.6) is 0 Å². The van der Waals surface area contributed by atoms with Gasteiger partial charge in [0.2, 0.25) is 5.91 Å². The normalized spacial score (nSPS) is 19.9. The Hall–Kier alpha value is -0.570. The Morgan fingerprint density at radius 2 is 1.89 bits per heavy atom. The van der Waals surface area contributed by atoms with E-state index in [0.717, 1.165) is 38.3 Å². The number of likely N-dealkylation sites (tertiary alicyclic amines) is 1. The number of rotatable bonds is 4. The van der Waals surface area contributed by atoms with Crippen LogP contribution in [0.3, 0.4) is 0 Å². The van der Waals surface area contributed by atoms with Gasteiger partial charge in [-0.1, -0.05) is 27.7 Å². The van der Waals surface area contributed by atoms with Crippen LogP contribution in [0.4, 0.5) is 0 Å². The molecule has 1 amide bonds. The fourth-order valence-electron chi connectivity index (χ4n) is 2.51. The average molecular weight is 254 g/mol. The fraction of sp³-hybridized carbons (Fsp3) is 0.933. The summed E-state index contributed by atoms with van der Waals surface area (Å²) in [7, 11) is 0. The van der Waals surface area contributed by atoms with E-state index in [-0.39, 0.29) is 5.91 Å². The van der Waals surface area contributed by atoms with Crippen molar-refractivity contribution in [2.24, 2.45) is 11.3 Å². The van der Waals surface area contributed by atoms with Gasteiger partial charge in [-0.05, 0) is 37.5 Å². The van der Waals surface area contributed by atoms with E-state index in [4.69, 9.17) is 0 Å². The Morgan fingerprint density at radius 3 is 2.33 bits per heavy atom. The van der Waals surface area contributed by atoms with Gasteiger partial charge < -0.3 is 10.2 Å². The minimum atomic E-state index is 0.266. The summed E-state index contributed by atoms with van der Waals surface area (Å²) < 4.78 is 0. The number of carbonyl (C=O) groups is 1. The van der Waals surface area contributed by atoms with Gasteiger partial charge in [0.1, 0.15) is 0 Å². The first-order chi connectivity index (χ1) is 8.34. The minimum absolute atomic E-state index is 0.266. The number of nitrogens with zero attached hydrogens (tertiary/aromatic N) is 1. The summed E-state index contributed by atoms with van der Waals surface area (Å²) in [5.41, 5.74) is 0.379. The Bertz CT molecular complexity index is 262. The molecule has 0 radical (unpaired) electrons. The van der Waals surface area contributed by atoms with Crippen molar-refractivity contribution in [2.75, 3.05) is 19.6 Å². The molecular weight excluding hydrogens is 224 g/mol. The predicted octanol–water partition coefficient (Wildman–Crippen LogP) is 2.66. The number of hydrogen-bond acceptors (Lipinski definition) is 2. The quantitative estimate of drug-likeness (QED) is 0.836. The third-order valence-corrected chi connectivity index (χ3v) is 4.29. The lowest BCUT2D eigenvalue weighted by Gasteiger charge is -2.38. The molecule has 0 saturated carbocycles. The highest BCUT2D eigenvalue weighted by Crippen LogP contribution is 2.34. The summed E-state index contributed by atoms with van der Waals surface area (Å²) in [6, 6.07) is 0.432. The zero-order valence-electron chi connectivity index (χ0n) is 12.8. The summed E-state index contributed by atoms with van der Waals surface area (Å²) in [4.78, 5) is 14.1. The van der Waals surface area contributed by atoms with E-state index in [1.54, 1.807) is 0 Å². The van der Waals surface area contributed by atoms with E-state index < -0.39 is 0 Å². The average Bonchev–Trinajstić information content (AvgIpc) is 2.34. The van der Waals surface area contributed by atoms with Crippen molar-refractivity contribution >= 4 is 5.91 Å². The van der Waals surface area contributed by atoms with Gasteiger partial charge in [-0.25, -0.2) is 0 Å². The summed E-state index contributed by atoms with van der Waals surface area (Å²) in [5, 5.41) is 3.28. The van der Waals surface area contributed by atoms with Gasteiger partial charge in [0.05, 0.1) is 6.54 Å². The number of piperidine rings is 1. The maximum absolute atomic E-state index is 12.0. The molecule has 106 valence electrons. The Morgan fingerprint density at radius 1 is 1.33 bits per heavy atom. The molecular formula is C15H30N2O. The van der Waals surface area contributed by atoms with Crippen LogP contribution in [0.2, 0.25) is 0 Å². The highest BCUT2D eigenvalue weighted by atomic mass is 16.2. The molecule has 18 heavy (non-hydrogen) atoms. The van der Waals surface area contributed by atoms with Crippen molar-refractivity contribution in [1.29, 1.82) is 0 Å². The third kappa shape index (κ3) is 4.60. The van der Waals surface area contributed by atoms with Crippen LogP contribution >= 0.6 is 0 Å². The molecule has 1 atom stereocenters. The second-order valence-corrected chi connectivity index (χ2v) is 6.71. The zero-order chi connectivity index (χ0) is 13.8. The summed E-state index contributed by atoms with van der Waals surface area (Å²) in [6.07, 6.45) is 3.37. The fourth-order valence-corrected chi connectivity index (χ4v) is 2.51. The molecule has 0 aromatic heterocycles. The second kappa shape index (κ2) is 6.55. The van der Waals surface area contributed by atoms with E-state index in [1.165, 1.54) is 0 Å². The predicted molar refractivity (Wildman–Crippen MR) is 76.5 cm³/mol. The summed E-state index contributed by atoms with van der Waals surface area (Å²) >= 11 is 0. The van der Waals surface area contributed by atoms with Crippen molar-refractivity contribution in [3.63, 3.8) is 0 Å². The van der Waals surface area contributed by atoms with E-state index in [2.05, 4.69) is 39.9 Å². The molecule has 0 bridgehead atoms. The van der Waals surface area contributed by atoms with Gasteiger partial charge in [0.15, 0.2) is 0 Å². The van der Waals surface area contributed by atoms with Crippen molar-refractivity contribution in [3.8, 4) is 0 Å². The maximum atomic E-state index is 12.0. The lowest BCUT2D eigenvalue weighted by atomic mass is 9.75. The standard InChI is InChI=1S/C15H30N2O/c1-6-12(2)16-11-14(18)17-9-7-13(8-10-17)15(3,4)5/h12-13,16H,6-11H2,1-5H3. The van der Waals surface area contributed by atoms with Crippen LogP contribution in [0.1, 0.15) is 53.9 Å². The molecule has 1 saturated heterocycles. The highest BCUT2D eigenvalue weighted by molar-refractivity contribution is 5.78. The molecule has 3 heteroatoms. The number of amides is 1. The van der Waals surface area contributed by atoms with Gasteiger partial charge in [-0.15, -0.1) is 0 Å². The van der Waals surface area contributed by atoms with Gasteiger partial charge in [0, 0.05) is 19.1 Å². The van der Waals surface area contributed by atoms with Crippen LogP contribution in [0.25, 0.3) is 0 Å². The molecule has 1 heterocycles. The van der Waals surface area contributed by atoms with Crippen LogP contribution in [-0.2, 0) is 4.79 Å². The minimum Gasteiger partial charge on any atom is -0.342 e. The molecule has 1 fully saturated rings. The largest absolute Gasteiger partial charge is 0.342 e. The second-order valence-electron chi connectivity index (χ2n) is 6.71. The maximum Gasteiger partial charge on any atom is 0.236 e. The Balaban J connectivity index is 2.32. The van der Waals surface area contributed by atoms with Gasteiger partial charge in [-0.3, -0.25) is 4.79 Å². The van der Waals surface area contributed by atoms with E-state index >= 15 is 0 Å². The van der Waals surface area contributed by atoms with Gasteiger partial charge in [0.25, 0.3) is 0 Å². The van der Waals surface area contributed by atoms with Crippen LogP contribution in [-0.4, -0.2) is 36.5 Å². The van der Waals surface area contributed by atoms with Crippen LogP contribution in [0, 0.1) is 11.3 Å². The molecule has 0 aromatic rings. The van der Waals surface area contributed by atoms with Crippen LogP contribution in [0.15, 0.2) is 0 Å². The molecule has 1 unspecified atom stereocenters. The molecule has 1 N–H and O–H groups in total. The number of nitrogens with one attached hydrogen (secondary N) is 1. The number of carbonyl (C=O) groups excluding carboxylic acids is 1.